The minimum Gasteiger partial charge on any atom is -0.462 e. The predicted octanol–water partition coefficient (Wildman–Crippen LogP) is 7.04. The number of anilines is 2. The van der Waals surface area contributed by atoms with Crippen LogP contribution in [0.1, 0.15) is 95.0 Å². The van der Waals surface area contributed by atoms with E-state index < -0.39 is 35.6 Å². The first-order valence-electron chi connectivity index (χ1n) is 14.7. The molecule has 0 radical (unpaired) electrons. The van der Waals surface area contributed by atoms with E-state index in [1.54, 1.807) is 24.5 Å². The highest BCUT2D eigenvalue weighted by Crippen LogP contribution is 2.44. The van der Waals surface area contributed by atoms with Crippen LogP contribution in [0.4, 0.5) is 27.6 Å². The van der Waals surface area contributed by atoms with Gasteiger partial charge in [-0.1, -0.05) is 27.7 Å². The maximum Gasteiger partial charge on any atom is 0.396 e. The van der Waals surface area contributed by atoms with E-state index in [4.69, 9.17) is 9.47 Å². The highest BCUT2D eigenvalue weighted by atomic mass is 32.1. The summed E-state index contributed by atoms with van der Waals surface area (Å²) in [6.07, 6.45) is 4.29. The van der Waals surface area contributed by atoms with Gasteiger partial charge in [0.15, 0.2) is 0 Å². The summed E-state index contributed by atoms with van der Waals surface area (Å²) in [4.78, 5) is 52.5. The number of nitrogens with one attached hydrogen (secondary N) is 2. The Bertz CT molecular complexity index is 1330. The Labute approximate surface area is 260 Å². The summed E-state index contributed by atoms with van der Waals surface area (Å²) >= 11 is 1.72. The lowest BCUT2D eigenvalue weighted by molar-refractivity contribution is -0.204. The van der Waals surface area contributed by atoms with E-state index in [1.165, 1.54) is 0 Å². The van der Waals surface area contributed by atoms with Crippen LogP contribution in [0.25, 0.3) is 0 Å². The van der Waals surface area contributed by atoms with Crippen LogP contribution >= 0.6 is 22.7 Å². The number of fused-ring (bicyclic) bond motifs is 2. The van der Waals surface area contributed by atoms with Crippen LogP contribution in [0, 0.1) is 11.8 Å². The van der Waals surface area contributed by atoms with Crippen LogP contribution in [0.3, 0.4) is 0 Å². The number of carbonyl (C=O) groups excluding carboxylic acids is 4. The Balaban J connectivity index is 1.60. The average molecular weight is 661 g/mol. The molecule has 14 heteroatoms. The van der Waals surface area contributed by atoms with Gasteiger partial charge in [0.1, 0.15) is 10.0 Å². The van der Waals surface area contributed by atoms with Crippen molar-refractivity contribution in [1.29, 1.82) is 0 Å². The first-order valence-corrected chi connectivity index (χ1v) is 16.4. The zero-order chi connectivity index (χ0) is 32.4. The number of carbonyl (C=O) groups is 4. The predicted molar refractivity (Wildman–Crippen MR) is 159 cm³/mol. The van der Waals surface area contributed by atoms with E-state index in [0.29, 0.717) is 72.2 Å². The molecule has 0 aromatic carbocycles. The minimum atomic E-state index is -5.52. The van der Waals surface area contributed by atoms with Crippen molar-refractivity contribution in [2.75, 3.05) is 23.8 Å². The topological polar surface area (TPSA) is 111 Å². The fourth-order valence-corrected chi connectivity index (χ4v) is 8.08. The van der Waals surface area contributed by atoms with Crippen molar-refractivity contribution < 1.29 is 46.2 Å². The monoisotopic (exact) mass is 660 g/mol. The lowest BCUT2D eigenvalue weighted by Crippen LogP contribution is -2.56. The van der Waals surface area contributed by atoms with Gasteiger partial charge < -0.3 is 20.1 Å². The molecule has 2 aromatic heterocycles. The lowest BCUT2D eigenvalue weighted by atomic mass is 9.88. The molecular formula is C30H36F4N2O6S2. The molecular weight excluding hydrogens is 624 g/mol. The average Bonchev–Trinajstić information content (AvgIpc) is 3.50. The number of amides is 2. The second kappa shape index (κ2) is 13.6. The van der Waals surface area contributed by atoms with Crippen molar-refractivity contribution in [3.8, 4) is 0 Å². The molecule has 0 unspecified atom stereocenters. The smallest absolute Gasteiger partial charge is 0.396 e. The van der Waals surface area contributed by atoms with Gasteiger partial charge in [0.25, 0.3) is 0 Å². The minimum absolute atomic E-state index is 0.0423. The van der Waals surface area contributed by atoms with Crippen LogP contribution in [-0.2, 0) is 44.7 Å². The van der Waals surface area contributed by atoms with Gasteiger partial charge in [-0.05, 0) is 74.3 Å². The van der Waals surface area contributed by atoms with Crippen molar-refractivity contribution in [2.24, 2.45) is 11.8 Å². The second-order valence-electron chi connectivity index (χ2n) is 11.4. The van der Waals surface area contributed by atoms with Crippen molar-refractivity contribution in [1.82, 2.24) is 0 Å². The zero-order valence-electron chi connectivity index (χ0n) is 25.0. The summed E-state index contributed by atoms with van der Waals surface area (Å²) in [6.45, 7) is 7.56. The first kappa shape index (κ1) is 33.9. The Hall–Kier alpha value is -3.00. The highest BCUT2D eigenvalue weighted by Gasteiger charge is 2.67. The molecule has 0 bridgehead atoms. The number of ether oxygens (including phenoxy) is 2. The SMILES string of the molecule is CCCOC(=O)c1c(NC(=O)C(F)(F)C(F)(F)C(=O)Nc2sc3c(c2C(=O)OCCC)CC[C@@H](C)C3)sc2c1CC[C@@H](C)C2. The Morgan fingerprint density at radius 1 is 0.727 bits per heavy atom. The maximum atomic E-state index is 15.2. The van der Waals surface area contributed by atoms with Gasteiger partial charge in [-0.25, -0.2) is 9.59 Å². The largest absolute Gasteiger partial charge is 0.462 e. The molecule has 0 fully saturated rings. The maximum absolute atomic E-state index is 15.2. The van der Waals surface area contributed by atoms with E-state index in [-0.39, 0.29) is 46.2 Å². The molecule has 2 aliphatic carbocycles. The van der Waals surface area contributed by atoms with Gasteiger partial charge in [-0.2, -0.15) is 17.6 Å². The van der Waals surface area contributed by atoms with Crippen LogP contribution in [-0.4, -0.2) is 48.8 Å². The van der Waals surface area contributed by atoms with Gasteiger partial charge in [0.2, 0.25) is 0 Å². The van der Waals surface area contributed by atoms with Gasteiger partial charge in [0.05, 0.1) is 24.3 Å². The standard InChI is InChI=1S/C30H36F4N2O6S2/c1-5-11-41-25(37)21-17-9-7-15(3)13-19(17)43-23(21)35-27(39)29(31,32)30(33,34)28(40)36-24-22(26(38)42-12-6-2)18-10-8-16(4)14-20(18)44-24/h15-16H,5-14H2,1-4H3,(H,35,39)(H,36,40)/t15-,16-/m1/s1. The normalized spacial score (nSPS) is 18.2. The molecule has 44 heavy (non-hydrogen) atoms. The molecule has 0 saturated carbocycles. The summed E-state index contributed by atoms with van der Waals surface area (Å²) < 4.78 is 71.2. The molecule has 2 N–H and O–H groups in total. The Morgan fingerprint density at radius 3 is 1.43 bits per heavy atom. The third kappa shape index (κ3) is 6.65. The highest BCUT2D eigenvalue weighted by molar-refractivity contribution is 7.17. The number of halogens is 4. The molecule has 2 aromatic rings. The lowest BCUT2D eigenvalue weighted by Gasteiger charge is -2.24. The number of thiophene rings is 2. The van der Waals surface area contributed by atoms with Crippen LogP contribution < -0.4 is 10.6 Å². The van der Waals surface area contributed by atoms with Gasteiger partial charge >= 0.3 is 35.6 Å². The molecule has 0 spiro atoms. The fourth-order valence-electron chi connectivity index (χ4n) is 5.29. The molecule has 0 saturated heterocycles. The number of hydrogen-bond donors (Lipinski definition) is 2. The van der Waals surface area contributed by atoms with E-state index in [0.717, 1.165) is 22.7 Å². The van der Waals surface area contributed by atoms with Crippen LogP contribution in [0.2, 0.25) is 0 Å². The third-order valence-corrected chi connectivity index (χ3v) is 10.1. The quantitative estimate of drug-likeness (QED) is 0.198. The Morgan fingerprint density at radius 2 is 1.09 bits per heavy atom. The van der Waals surface area contributed by atoms with Gasteiger partial charge in [-0.15, -0.1) is 22.7 Å². The van der Waals surface area contributed by atoms with Crippen LogP contribution in [0.15, 0.2) is 0 Å². The first-order chi connectivity index (χ1) is 20.7. The summed E-state index contributed by atoms with van der Waals surface area (Å²) in [5, 5.41) is 2.95. The summed E-state index contributed by atoms with van der Waals surface area (Å²) in [5.74, 6) is -17.2. The number of rotatable bonds is 11. The van der Waals surface area contributed by atoms with Crippen molar-refractivity contribution in [2.45, 2.75) is 90.9 Å². The van der Waals surface area contributed by atoms with Crippen molar-refractivity contribution >= 4 is 56.4 Å². The van der Waals surface area contributed by atoms with Gasteiger partial charge in [-0.3, -0.25) is 9.59 Å². The van der Waals surface area contributed by atoms with E-state index in [9.17, 15) is 19.2 Å². The summed E-state index contributed by atoms with van der Waals surface area (Å²) in [5.41, 5.74) is 0.818. The fraction of sp³-hybridized carbons (Fsp3) is 0.600. The Kier molecular flexibility index (Phi) is 10.4. The van der Waals surface area contributed by atoms with E-state index >= 15 is 17.6 Å². The summed E-state index contributed by atoms with van der Waals surface area (Å²) in [7, 11) is 0. The number of hydrogen-bond acceptors (Lipinski definition) is 8. The van der Waals surface area contributed by atoms with E-state index in [2.05, 4.69) is 0 Å². The van der Waals surface area contributed by atoms with E-state index in [1.807, 2.05) is 13.8 Å². The second-order valence-corrected chi connectivity index (χ2v) is 13.7. The molecule has 2 amide bonds. The number of alkyl halides is 4. The number of esters is 2. The molecule has 242 valence electrons. The summed E-state index contributed by atoms with van der Waals surface area (Å²) in [6, 6.07) is 0. The molecule has 8 nitrogen and oxygen atoms in total. The zero-order valence-corrected chi connectivity index (χ0v) is 26.6. The molecule has 2 atom stereocenters. The molecule has 2 heterocycles. The molecule has 0 aliphatic heterocycles. The van der Waals surface area contributed by atoms with Crippen molar-refractivity contribution in [3.63, 3.8) is 0 Å². The van der Waals surface area contributed by atoms with Crippen molar-refractivity contribution in [3.05, 3.63) is 32.0 Å². The van der Waals surface area contributed by atoms with Gasteiger partial charge in [0, 0.05) is 9.75 Å². The third-order valence-electron chi connectivity index (χ3n) is 7.72. The molecule has 4 rings (SSSR count). The molecule has 2 aliphatic rings. The van der Waals surface area contributed by atoms with Crippen LogP contribution in [0.5, 0.6) is 0 Å².